The molecule has 0 fully saturated rings. The molecule has 0 heterocycles. The lowest BCUT2D eigenvalue weighted by atomic mass is 9.95. The molecule has 13 nitrogen and oxygen atoms in total. The monoisotopic (exact) mass is 1480 g/mol. The summed E-state index contributed by atoms with van der Waals surface area (Å²) in [4.78, 5) is 53.2. The standard InChI is InChI=1S/C13H19F2NO2.C10H3F19O3.C8H6F8O4.C7H4F10O2.C3H7N/c1-4-6-7-11(17)9-10(3)13(14,15)12(18)16-8-5-2;1-30-9(26,27)10(28,29)32-7(22,23)4(15,16)2(11,12)3(13,14)6(20,21)31-8(24,25)5(17,18)19;1-3(2-4(17)19-7(11,12)13)6(9,10)5(18)20-8(14,15)16;8-3(18)5(11,12)6(13,14)4(9,10)1-2-19-7(15,16)17;1-2-3-4/h4-5,10H,1-2,6-9H2,3H3,(H,16,18);1H3;3H,2H2,1H3;1-2H2;2H,1,3-4H2. The number of Topliss-reactive ketones (excluding diaryl/α,β-unsaturated/α-hetero) is 1. The van der Waals surface area contributed by atoms with Gasteiger partial charge in [0.05, 0.1) is 13.0 Å². The number of amides is 1. The van der Waals surface area contributed by atoms with E-state index in [4.69, 9.17) is 5.73 Å². The lowest BCUT2D eigenvalue weighted by molar-refractivity contribution is -0.540. The zero-order valence-corrected chi connectivity index (χ0v) is 45.0. The molecule has 0 aliphatic carbocycles. The average Bonchev–Trinajstić information content (AvgIpc) is 0.718. The van der Waals surface area contributed by atoms with Crippen molar-refractivity contribution >= 4 is 29.7 Å². The number of carbonyl (C=O) groups excluding carboxylic acids is 5. The molecule has 0 aromatic rings. The van der Waals surface area contributed by atoms with Gasteiger partial charge in [0.15, 0.2) is 0 Å². The van der Waals surface area contributed by atoms with Crippen LogP contribution in [0.15, 0.2) is 38.0 Å². The smallest absolute Gasteiger partial charge is 0.373 e. The van der Waals surface area contributed by atoms with Crippen LogP contribution in [-0.4, -0.2) is 160 Å². The Kier molecular flexibility index (Phi) is 35.1. The molecule has 0 spiro atoms. The van der Waals surface area contributed by atoms with Gasteiger partial charge in [0, 0.05) is 51.3 Å². The van der Waals surface area contributed by atoms with Crippen LogP contribution < -0.4 is 11.1 Å². The maximum Gasteiger partial charge on any atom is 0.575 e. The molecule has 0 rings (SSSR count). The molecule has 0 aromatic heterocycles. The molecule has 3 N–H and O–H groups in total. The predicted molar refractivity (Wildman–Crippen MR) is 221 cm³/mol. The first-order valence-corrected chi connectivity index (χ1v) is 22.3. The Balaban J connectivity index is -0.000000373. The maximum absolute atomic E-state index is 13.6. The summed E-state index contributed by atoms with van der Waals surface area (Å²) >= 11 is 0. The number of hydrogen-bond acceptors (Lipinski definition) is 12. The second kappa shape index (κ2) is 34.1. The minimum atomic E-state index is -8.59. The number of allylic oxidation sites excluding steroid dienone is 1. The second-order valence-corrected chi connectivity index (χ2v) is 16.5. The quantitative estimate of drug-likeness (QED) is 0.0301. The third kappa shape index (κ3) is 28.5. The number of methoxy groups -OCH3 is 1. The molecule has 0 saturated heterocycles. The molecule has 2 unspecified atom stereocenters. The minimum Gasteiger partial charge on any atom is -0.373 e. The topological polar surface area (TPSA) is 179 Å². The summed E-state index contributed by atoms with van der Waals surface area (Å²) in [5, 5.41) is 2.04. The molecule has 0 bridgehead atoms. The number of halogens is 39. The summed E-state index contributed by atoms with van der Waals surface area (Å²) in [5.41, 5.74) is 4.91. The molecule has 93 heavy (non-hydrogen) atoms. The van der Waals surface area contributed by atoms with Crippen LogP contribution in [0, 0.1) is 11.8 Å². The Morgan fingerprint density at radius 1 is 0.484 bits per heavy atom. The Hall–Kier alpha value is -5.96. The van der Waals surface area contributed by atoms with Gasteiger partial charge in [-0.15, -0.1) is 59.3 Å². The van der Waals surface area contributed by atoms with Crippen LogP contribution in [0.5, 0.6) is 0 Å². The third-order valence-corrected chi connectivity index (χ3v) is 9.20. The van der Waals surface area contributed by atoms with Gasteiger partial charge in [0.1, 0.15) is 5.78 Å². The normalized spacial score (nSPS) is 14.5. The maximum atomic E-state index is 13.6. The van der Waals surface area contributed by atoms with Gasteiger partial charge in [-0.2, -0.15) is 132 Å². The number of ether oxygens (including phenoxy) is 6. The SMILES string of the molecule is C=CCCC(=O)CC(C)C(F)(F)C(=O)NCC=C.C=CCN.CC(CC(=O)OC(F)(F)F)C(F)(F)C(=O)OC(F)(F)F.COC(F)(F)C(F)(F)OC(F)(F)C(F)(F)C(F)(F)C(F)(F)C(F)(F)OC(F)(F)C(F)(F)F.O=C(F)C(F)(F)C(F)(F)C(F)(F)CCOC(F)(F)F. The summed E-state index contributed by atoms with van der Waals surface area (Å²) in [6, 6.07) is -4.03. The number of alkyl halides is 38. The van der Waals surface area contributed by atoms with E-state index in [9.17, 15) is 195 Å². The number of nitrogens with two attached hydrogens (primary N) is 1. The zero-order chi connectivity index (χ0) is 76.3. The van der Waals surface area contributed by atoms with Crippen LogP contribution in [0.25, 0.3) is 0 Å². The number of esters is 2. The molecule has 0 saturated carbocycles. The van der Waals surface area contributed by atoms with Crippen molar-refractivity contribution in [1.82, 2.24) is 5.32 Å². The van der Waals surface area contributed by atoms with Crippen molar-refractivity contribution < 1.29 is 224 Å². The van der Waals surface area contributed by atoms with Crippen molar-refractivity contribution in [3.05, 3.63) is 38.0 Å². The van der Waals surface area contributed by atoms with Crippen molar-refractivity contribution in [2.45, 2.75) is 149 Å². The molecule has 552 valence electrons. The highest BCUT2D eigenvalue weighted by atomic mass is 19.4. The van der Waals surface area contributed by atoms with Crippen LogP contribution in [0.2, 0.25) is 0 Å². The summed E-state index contributed by atoms with van der Waals surface area (Å²) in [6.45, 7) is 10.2. The van der Waals surface area contributed by atoms with Crippen molar-refractivity contribution in [3.8, 4) is 0 Å². The van der Waals surface area contributed by atoms with Crippen LogP contribution in [-0.2, 0) is 52.4 Å². The van der Waals surface area contributed by atoms with Gasteiger partial charge < -0.3 is 25.3 Å². The van der Waals surface area contributed by atoms with Gasteiger partial charge in [-0.05, 0) is 6.42 Å². The van der Waals surface area contributed by atoms with Crippen LogP contribution in [0.1, 0.15) is 46.0 Å². The molecule has 1 amide bonds. The number of ketones is 1. The number of carbonyl (C=O) groups is 5. The average molecular weight is 1480 g/mol. The van der Waals surface area contributed by atoms with Crippen LogP contribution in [0.4, 0.5) is 171 Å². The summed E-state index contributed by atoms with van der Waals surface area (Å²) in [5.74, 6) is -63.2. The summed E-state index contributed by atoms with van der Waals surface area (Å²) < 4.78 is 497. The van der Waals surface area contributed by atoms with E-state index in [1.54, 1.807) is 12.2 Å². The van der Waals surface area contributed by atoms with E-state index in [2.05, 4.69) is 38.7 Å². The van der Waals surface area contributed by atoms with Gasteiger partial charge in [0.25, 0.3) is 5.91 Å². The van der Waals surface area contributed by atoms with E-state index in [0.29, 0.717) is 19.9 Å². The lowest BCUT2D eigenvalue weighted by Crippen LogP contribution is -2.70. The summed E-state index contributed by atoms with van der Waals surface area (Å²) in [7, 11) is -0.435. The highest BCUT2D eigenvalue weighted by Crippen LogP contribution is 2.60. The van der Waals surface area contributed by atoms with E-state index in [-0.39, 0.29) is 25.2 Å². The fourth-order valence-electron chi connectivity index (χ4n) is 4.32. The highest BCUT2D eigenvalue weighted by molar-refractivity contribution is 5.85. The Labute approximate surface area is 490 Å². The van der Waals surface area contributed by atoms with E-state index < -0.39 is 165 Å². The van der Waals surface area contributed by atoms with Crippen molar-refractivity contribution in [1.29, 1.82) is 0 Å². The van der Waals surface area contributed by atoms with Crippen LogP contribution >= 0.6 is 0 Å². The first-order valence-electron chi connectivity index (χ1n) is 22.3. The largest absolute Gasteiger partial charge is 0.575 e. The van der Waals surface area contributed by atoms with Crippen molar-refractivity contribution in [2.75, 3.05) is 26.8 Å². The van der Waals surface area contributed by atoms with Crippen LogP contribution in [0.3, 0.4) is 0 Å². The Morgan fingerprint density at radius 3 is 1.19 bits per heavy atom. The number of nitrogens with one attached hydrogen (secondary N) is 1. The molecular formula is C41H39F39N2O11. The highest BCUT2D eigenvalue weighted by Gasteiger charge is 2.90. The molecular weight excluding hydrogens is 1440 g/mol. The molecule has 0 radical (unpaired) electrons. The minimum absolute atomic E-state index is 0.0223. The third-order valence-electron chi connectivity index (χ3n) is 9.20. The molecule has 0 aliphatic heterocycles. The number of rotatable bonds is 30. The number of hydrogen-bond donors (Lipinski definition) is 2. The molecule has 0 aromatic carbocycles. The van der Waals surface area contributed by atoms with Gasteiger partial charge >= 0.3 is 121 Å². The predicted octanol–water partition coefficient (Wildman–Crippen LogP) is 14.8. The van der Waals surface area contributed by atoms with Gasteiger partial charge in [-0.3, -0.25) is 23.9 Å². The summed E-state index contributed by atoms with van der Waals surface area (Å²) in [6.07, 6.45) is -60.2. The van der Waals surface area contributed by atoms with Gasteiger partial charge in [-0.25, -0.2) is 14.3 Å². The Bertz CT molecular complexity index is 2400. The van der Waals surface area contributed by atoms with Crippen molar-refractivity contribution in [2.24, 2.45) is 17.6 Å². The van der Waals surface area contributed by atoms with Gasteiger partial charge in [-0.1, -0.05) is 32.1 Å². The molecule has 0 aliphatic rings. The van der Waals surface area contributed by atoms with E-state index in [0.717, 1.165) is 4.74 Å². The fraction of sp³-hybridized carbons (Fsp3) is 0.732. The fourth-order valence-corrected chi connectivity index (χ4v) is 4.32. The van der Waals surface area contributed by atoms with E-state index >= 15 is 0 Å². The lowest BCUT2D eigenvalue weighted by Gasteiger charge is -2.40. The zero-order valence-electron chi connectivity index (χ0n) is 45.0. The van der Waals surface area contributed by atoms with Gasteiger partial charge in [0.2, 0.25) is 0 Å². The van der Waals surface area contributed by atoms with E-state index in [1.165, 1.54) is 17.7 Å². The molecule has 2 atom stereocenters. The van der Waals surface area contributed by atoms with Crippen molar-refractivity contribution in [3.63, 3.8) is 0 Å². The van der Waals surface area contributed by atoms with E-state index in [1.807, 2.05) is 5.32 Å². The Morgan fingerprint density at radius 2 is 0.871 bits per heavy atom. The molecule has 52 heteroatoms. The second-order valence-electron chi connectivity index (χ2n) is 16.5. The first-order chi connectivity index (χ1) is 40.5. The first kappa shape index (κ1) is 95.7.